The normalized spacial score (nSPS) is 22.9. The number of aromatic amines is 1. The second kappa shape index (κ2) is 52.8. The largest absolute Gasteiger partial charge is 0.508 e. The molecule has 0 aliphatic carbocycles. The van der Waals surface area contributed by atoms with Gasteiger partial charge in [-0.3, -0.25) is 81.5 Å². The number of aliphatic hydroxyl groups excluding tert-OH is 1. The number of carbonyl (C=O) groups excluding carboxylic acids is 17. The van der Waals surface area contributed by atoms with E-state index in [1.807, 2.05) is 46.8 Å². The molecule has 0 bridgehead atoms. The molecule has 0 fully saturated rings. The Morgan fingerprint density at radius 1 is 0.597 bits per heavy atom. The van der Waals surface area contributed by atoms with E-state index in [4.69, 9.17) is 11.5 Å². The summed E-state index contributed by atoms with van der Waals surface area (Å²) in [6.07, 6.45) is 7.29. The first-order chi connectivity index (χ1) is 60.2. The second-order valence-corrected chi connectivity index (χ2v) is 35.5. The highest BCUT2D eigenvalue weighted by atomic mass is 16.3. The van der Waals surface area contributed by atoms with Gasteiger partial charge in [0, 0.05) is 62.8 Å². The highest BCUT2D eigenvalue weighted by molar-refractivity contribution is 6.41. The van der Waals surface area contributed by atoms with Crippen LogP contribution in [-0.2, 0) is 101 Å². The summed E-state index contributed by atoms with van der Waals surface area (Å²) in [6.45, 7) is 22.3. The van der Waals surface area contributed by atoms with Crippen molar-refractivity contribution in [3.8, 4) is 5.75 Å². The molecule has 35 heteroatoms. The van der Waals surface area contributed by atoms with E-state index in [1.54, 1.807) is 60.8 Å². The van der Waals surface area contributed by atoms with Crippen LogP contribution in [0.5, 0.6) is 5.75 Å². The van der Waals surface area contributed by atoms with Gasteiger partial charge in [0.1, 0.15) is 58.6 Å². The first-order valence-electron chi connectivity index (χ1n) is 44.5. The van der Waals surface area contributed by atoms with E-state index in [-0.39, 0.29) is 102 Å². The van der Waals surface area contributed by atoms with Crippen molar-refractivity contribution in [2.45, 2.75) is 316 Å². The van der Waals surface area contributed by atoms with Gasteiger partial charge < -0.3 is 95.8 Å². The van der Waals surface area contributed by atoms with Crippen molar-refractivity contribution < 1.29 is 91.7 Å². The molecule has 35 nitrogen and oxygen atoms in total. The number of phenolic OH excluding ortho intramolecular Hbond substituents is 1. The first-order valence-corrected chi connectivity index (χ1v) is 44.5. The van der Waals surface area contributed by atoms with Gasteiger partial charge in [0.15, 0.2) is 0 Å². The molecule has 0 radical (unpaired) electrons. The zero-order valence-corrected chi connectivity index (χ0v) is 76.7. The summed E-state index contributed by atoms with van der Waals surface area (Å²) >= 11 is 0. The quantitative estimate of drug-likeness (QED) is 0.0228. The van der Waals surface area contributed by atoms with Crippen molar-refractivity contribution in [3.63, 3.8) is 0 Å². The van der Waals surface area contributed by atoms with Crippen LogP contribution in [0.15, 0.2) is 97.2 Å². The van der Waals surface area contributed by atoms with E-state index in [0.717, 1.165) is 6.42 Å². The molecule has 20 N–H and O–H groups in total. The number of fused-ring (bicyclic) bond motifs is 1. The first kappa shape index (κ1) is 110. The average Bonchev–Trinajstić information content (AvgIpc) is 1.71. The lowest BCUT2D eigenvalue weighted by Gasteiger charge is -2.34. The number of rotatable bonds is 35. The summed E-state index contributed by atoms with van der Waals surface area (Å²) < 4.78 is 0. The molecule has 0 saturated heterocycles. The fraction of sp³-hybridized carbons (Fsp3) is 0.585. The van der Waals surface area contributed by atoms with E-state index < -0.39 is 201 Å². The number of nitrogens with two attached hydrogens (primary N) is 2. The van der Waals surface area contributed by atoms with Gasteiger partial charge in [-0.2, -0.15) is 0 Å². The Morgan fingerprint density at radius 2 is 1.22 bits per heavy atom. The van der Waals surface area contributed by atoms with Crippen molar-refractivity contribution >= 4 is 111 Å². The van der Waals surface area contributed by atoms with E-state index in [1.165, 1.54) is 93.5 Å². The number of nitrogens with one attached hydrogen (secondary N) is 14. The fourth-order valence-corrected chi connectivity index (χ4v) is 15.0. The predicted octanol–water partition coefficient (Wildman–Crippen LogP) is 4.08. The molecule has 1 aliphatic heterocycles. The molecule has 1 aromatic heterocycles. The maximum Gasteiger partial charge on any atom is 0.246 e. The number of amides is 13. The third-order valence-electron chi connectivity index (χ3n) is 22.9. The van der Waals surface area contributed by atoms with Gasteiger partial charge in [-0.25, -0.2) is 0 Å². The Hall–Kier alpha value is -11.6. The molecule has 712 valence electrons. The van der Waals surface area contributed by atoms with Crippen LogP contribution in [-0.4, -0.2) is 211 Å². The summed E-state index contributed by atoms with van der Waals surface area (Å²) in [6, 6.07) is 7.09. The number of aromatic hydroxyl groups is 1. The number of allylic oxidation sites excluding steroid dienone is 2. The van der Waals surface area contributed by atoms with Crippen LogP contribution in [0.3, 0.4) is 0 Å². The van der Waals surface area contributed by atoms with E-state index in [0.29, 0.717) is 72.5 Å². The van der Waals surface area contributed by atoms with Crippen molar-refractivity contribution in [2.75, 3.05) is 13.1 Å². The number of ketones is 4. The smallest absolute Gasteiger partial charge is 0.246 e. The van der Waals surface area contributed by atoms with Gasteiger partial charge in [-0.1, -0.05) is 147 Å². The maximum atomic E-state index is 15.4. The maximum absolute atomic E-state index is 15.4. The number of para-hydroxylation sites is 1. The Bertz CT molecular complexity index is 4530. The zero-order chi connectivity index (χ0) is 95.5. The minimum absolute atomic E-state index is 0. The monoisotopic (exact) mass is 1800 g/mol. The number of carbonyl (C=O) groups is 17. The number of hydrogen-bond donors (Lipinski definition) is 18. The standard InChI is InChI=1S/C93H138N16O19.CH4/c1-16-17-34-64(82(120)99-58(9)80(95)118)50-96-55(6)76(114)77(115)56(7)100-88(126)91(13)43-30-23-21-19-18-20-22-24-31-44-92(14,108-85(123)73(47-62-32-26-25-27-33-62)105-87(125)75(60(11)110)106-84(122)71(46-54(4)5)103-61(12)111)89(127)102-59(10)81(119)104-72(48-63-37-39-67(112)40-38-63)86(124)109-93(15,49-66-52-97-69-36-29-28-35-68(66)69)90(128)101-57(8)78(116)79(117)70(41-42-74(94)113)98-51-65(45-53(2)3)83(121)107-91;/h19,21,25-29,32-33,35-40,52-60,64-65,70-73,75,96-98,110,112H,16-18,20,22-24,30-31,34,41-51H2,1-15H3,(H2,94,113)(H2,95,118)(H,99,120)(H,100,126)(H,101,128)(H,102,127)(H,103,111)(H,104,119)(H,105,125)(H,106,122)(H,107,121)(H,108,123)(H,109,124);1H4/b21-19+;/t55?,56?,57-,58?,59?,60+,64+,65+,70-,71-,72-,73-,75-,91-,92+,93-;/m0./s1. The Morgan fingerprint density at radius 3 is 1.84 bits per heavy atom. The molecule has 16 atom stereocenters. The number of H-pyrrole nitrogens is 1. The molecule has 2 heterocycles. The Kier molecular flexibility index (Phi) is 44.9. The SMILES string of the molecule is C.CCCC[C@H](CNC(C)C(=O)C(=O)C(C)NC(=O)[C@]1(C)CCC/C=C/CCCCCC[C@@](C)(NC(=O)[C@H](Cc2ccccc2)NC(=O)[C@@H](NC(=O)[C@H](CC(C)C)NC(C)=O)[C@@H](C)O)C(=O)NC(C)C(=O)N[C@@H](Cc2ccc(O)cc2)C(=O)N[C@@](C)(Cc2c[nH]c3ccccc23)C(=O)N[C@@H](C)C(=O)C(=O)[C@H](CCC(N)=O)NC[C@@H](CC(C)C)C(=O)N1)C(=O)NC(C)C(N)=O. The summed E-state index contributed by atoms with van der Waals surface area (Å²) in [4.78, 5) is 245. The van der Waals surface area contributed by atoms with Gasteiger partial charge in [-0.15, -0.1) is 0 Å². The van der Waals surface area contributed by atoms with Crippen molar-refractivity contribution in [2.24, 2.45) is 35.1 Å². The third-order valence-corrected chi connectivity index (χ3v) is 22.9. The lowest BCUT2D eigenvalue weighted by molar-refractivity contribution is -0.141. The summed E-state index contributed by atoms with van der Waals surface area (Å²) in [5.74, 6) is -17.1. The molecule has 4 aromatic rings. The zero-order valence-electron chi connectivity index (χ0n) is 76.7. The lowest BCUT2D eigenvalue weighted by Crippen LogP contribution is -2.65. The molecular weight excluding hydrogens is 1660 g/mol. The number of primary amides is 2. The number of hydrogen-bond acceptors (Lipinski definition) is 21. The highest BCUT2D eigenvalue weighted by Crippen LogP contribution is 2.27. The minimum atomic E-state index is -2.08. The molecule has 3 aromatic carbocycles. The van der Waals surface area contributed by atoms with Gasteiger partial charge >= 0.3 is 0 Å². The predicted molar refractivity (Wildman–Crippen MR) is 489 cm³/mol. The summed E-state index contributed by atoms with van der Waals surface area (Å²) in [5, 5.41) is 57.8. The number of Topliss-reactive ketones (excluding diaryl/α,β-unsaturated/α-hetero) is 4. The van der Waals surface area contributed by atoms with Crippen LogP contribution in [0.1, 0.15) is 231 Å². The van der Waals surface area contributed by atoms with Crippen molar-refractivity contribution in [1.29, 1.82) is 0 Å². The number of unbranched alkanes of at least 4 members (excludes halogenated alkanes) is 1. The van der Waals surface area contributed by atoms with Crippen LogP contribution in [0, 0.1) is 23.7 Å². The van der Waals surface area contributed by atoms with E-state index >= 15 is 24.0 Å². The minimum Gasteiger partial charge on any atom is -0.508 e. The summed E-state index contributed by atoms with van der Waals surface area (Å²) in [7, 11) is 0. The molecule has 13 amide bonds. The number of benzene rings is 3. The van der Waals surface area contributed by atoms with Gasteiger partial charge in [0.05, 0.1) is 42.1 Å². The van der Waals surface area contributed by atoms with E-state index in [2.05, 4.69) is 74.1 Å². The molecule has 129 heavy (non-hydrogen) atoms. The number of phenols is 1. The van der Waals surface area contributed by atoms with Gasteiger partial charge in [-0.05, 0) is 173 Å². The second-order valence-electron chi connectivity index (χ2n) is 35.5. The van der Waals surface area contributed by atoms with Crippen LogP contribution in [0.4, 0.5) is 0 Å². The third kappa shape index (κ3) is 35.4. The van der Waals surface area contributed by atoms with Crippen molar-refractivity contribution in [1.82, 2.24) is 74.1 Å². The topological polar surface area (TPSA) is 555 Å². The highest BCUT2D eigenvalue weighted by Gasteiger charge is 2.45. The number of aliphatic hydroxyl groups is 1. The Balaban J connectivity index is 0.0000348. The molecule has 4 unspecified atom stereocenters. The van der Waals surface area contributed by atoms with Crippen LogP contribution in [0.25, 0.3) is 10.9 Å². The fourth-order valence-electron chi connectivity index (χ4n) is 15.0. The van der Waals surface area contributed by atoms with Gasteiger partial charge in [0.2, 0.25) is 99.9 Å². The van der Waals surface area contributed by atoms with Crippen LogP contribution >= 0.6 is 0 Å². The Labute approximate surface area is 757 Å². The lowest BCUT2D eigenvalue weighted by atomic mass is 9.89. The molecular formula is C94H142N16O19. The van der Waals surface area contributed by atoms with Crippen LogP contribution < -0.4 is 80.6 Å². The molecule has 5 rings (SSSR count). The molecule has 0 saturated carbocycles. The molecule has 0 spiro atoms. The molecule has 1 aliphatic rings. The van der Waals surface area contributed by atoms with Crippen LogP contribution in [0.2, 0.25) is 0 Å². The van der Waals surface area contributed by atoms with Crippen molar-refractivity contribution in [3.05, 3.63) is 114 Å². The van der Waals surface area contributed by atoms with E-state index in [9.17, 15) is 67.7 Å². The number of aromatic nitrogens is 1. The average molecular weight is 1800 g/mol. The van der Waals surface area contributed by atoms with Gasteiger partial charge in [0.25, 0.3) is 0 Å². The summed E-state index contributed by atoms with van der Waals surface area (Å²) in [5.41, 5.74) is 7.31.